The second-order valence-corrected chi connectivity index (χ2v) is 24.4. The van der Waals surface area contributed by atoms with Crippen molar-refractivity contribution in [2.45, 2.75) is 240 Å². The highest BCUT2D eigenvalue weighted by Crippen LogP contribution is 2.67. The lowest BCUT2D eigenvalue weighted by atomic mass is 9.47. The first kappa shape index (κ1) is 60.8. The molecule has 9 heteroatoms. The standard InChI is InChI=1S/C63H110N2O7/c1-8-9-10-11-12-13-14-15-16-17-18-19-20-21-22-23-41-70-49-55(48-65-40-25-28-52(65)5)71-46-45-69-44-43-68-42-39-64-60(66)33-34-61(67)72-54-35-37-62(6)53(47-54)29-30-56-58-32-31-57(51(4)27-24-26-50(2)3)63(58,7)38-36-59(56)62/h12-13,15-16,29,50-52,54-59H,8-11,14,17-28,30-49H2,1-7H3,(H,64,66)/b13-12-,16-15-/t51-,52?,54+,55?,56+,57-,58+,59+,62+,63-/m1/s1. The van der Waals surface area contributed by atoms with E-state index >= 15 is 0 Å². The zero-order chi connectivity index (χ0) is 51.4. The molecule has 5 aliphatic rings. The van der Waals surface area contributed by atoms with Crippen LogP contribution in [0.1, 0.15) is 222 Å². The number of nitrogens with zero attached hydrogens (tertiary/aromatic N) is 1. The number of carbonyl (C=O) groups is 2. The van der Waals surface area contributed by atoms with Gasteiger partial charge in [0.15, 0.2) is 0 Å². The van der Waals surface area contributed by atoms with Gasteiger partial charge < -0.3 is 29.0 Å². The molecule has 414 valence electrons. The molecule has 3 saturated carbocycles. The molecule has 1 heterocycles. The number of carbonyl (C=O) groups excluding carboxylic acids is 2. The summed E-state index contributed by atoms with van der Waals surface area (Å²) in [7, 11) is 0. The lowest BCUT2D eigenvalue weighted by molar-refractivity contribution is -0.152. The van der Waals surface area contributed by atoms with Gasteiger partial charge in [0.2, 0.25) is 5.91 Å². The highest BCUT2D eigenvalue weighted by atomic mass is 16.6. The Labute approximate surface area is 441 Å². The first-order valence-electron chi connectivity index (χ1n) is 30.5. The lowest BCUT2D eigenvalue weighted by Crippen LogP contribution is -2.51. The van der Waals surface area contributed by atoms with E-state index in [4.69, 9.17) is 23.7 Å². The van der Waals surface area contributed by atoms with Crippen LogP contribution in [-0.2, 0) is 33.3 Å². The van der Waals surface area contributed by atoms with Crippen LogP contribution in [0.25, 0.3) is 0 Å². The molecule has 0 bridgehead atoms. The van der Waals surface area contributed by atoms with E-state index in [1.165, 1.54) is 134 Å². The first-order chi connectivity index (χ1) is 34.9. The summed E-state index contributed by atoms with van der Waals surface area (Å²) >= 11 is 0. The Morgan fingerprint density at radius 1 is 0.764 bits per heavy atom. The summed E-state index contributed by atoms with van der Waals surface area (Å²) in [4.78, 5) is 28.1. The number of rotatable bonds is 38. The Morgan fingerprint density at radius 2 is 1.50 bits per heavy atom. The first-order valence-corrected chi connectivity index (χ1v) is 30.5. The molecule has 0 aromatic carbocycles. The van der Waals surface area contributed by atoms with Crippen molar-refractivity contribution < 1.29 is 33.3 Å². The summed E-state index contributed by atoms with van der Waals surface area (Å²) in [5, 5.41) is 2.90. The highest BCUT2D eigenvalue weighted by Gasteiger charge is 2.59. The predicted molar refractivity (Wildman–Crippen MR) is 297 cm³/mol. The molecule has 4 aliphatic carbocycles. The fourth-order valence-electron chi connectivity index (χ4n) is 14.2. The molecule has 1 aliphatic heterocycles. The van der Waals surface area contributed by atoms with Crippen LogP contribution in [0.2, 0.25) is 0 Å². The summed E-state index contributed by atoms with van der Waals surface area (Å²) in [6, 6.07) is 0.595. The molecule has 1 amide bonds. The molecule has 10 atom stereocenters. The van der Waals surface area contributed by atoms with Gasteiger partial charge in [0, 0.05) is 38.6 Å². The van der Waals surface area contributed by atoms with Crippen LogP contribution in [0.5, 0.6) is 0 Å². The number of likely N-dealkylation sites (tertiary alicyclic amines) is 1. The number of amides is 1. The number of allylic oxidation sites excluding steroid dienone is 5. The summed E-state index contributed by atoms with van der Waals surface area (Å²) in [6.07, 6.45) is 43.4. The van der Waals surface area contributed by atoms with Crippen LogP contribution in [-0.4, -0.2) is 101 Å². The van der Waals surface area contributed by atoms with Crippen molar-refractivity contribution in [1.82, 2.24) is 10.2 Å². The van der Waals surface area contributed by atoms with Gasteiger partial charge in [-0.1, -0.05) is 135 Å². The Kier molecular flexibility index (Phi) is 28.6. The monoisotopic (exact) mass is 1010 g/mol. The summed E-state index contributed by atoms with van der Waals surface area (Å²) < 4.78 is 30.0. The van der Waals surface area contributed by atoms with Gasteiger partial charge in [-0.15, -0.1) is 0 Å². The lowest BCUT2D eigenvalue weighted by Gasteiger charge is -2.58. The zero-order valence-electron chi connectivity index (χ0n) is 47.6. The topological polar surface area (TPSA) is 95.6 Å². The van der Waals surface area contributed by atoms with Crippen molar-refractivity contribution >= 4 is 11.9 Å². The van der Waals surface area contributed by atoms with Gasteiger partial charge in [0.25, 0.3) is 0 Å². The molecule has 0 aromatic rings. The van der Waals surface area contributed by atoms with Crippen molar-refractivity contribution in [3.63, 3.8) is 0 Å². The van der Waals surface area contributed by atoms with E-state index in [0.29, 0.717) is 57.6 Å². The number of unbranched alkanes of at least 4 members (excludes halogenated alkanes) is 9. The Bertz CT molecular complexity index is 1600. The van der Waals surface area contributed by atoms with E-state index in [-0.39, 0.29) is 42.3 Å². The van der Waals surface area contributed by atoms with E-state index in [0.717, 1.165) is 87.3 Å². The molecular weight excluding hydrogens is 897 g/mol. The molecule has 1 N–H and O–H groups in total. The quantitative estimate of drug-likeness (QED) is 0.0371. The van der Waals surface area contributed by atoms with E-state index in [1.807, 2.05) is 0 Å². The largest absolute Gasteiger partial charge is 0.462 e. The minimum Gasteiger partial charge on any atom is -0.462 e. The molecule has 1 saturated heterocycles. The Hall–Kier alpha value is -2.04. The molecule has 0 aromatic heterocycles. The fraction of sp³-hybridized carbons (Fsp3) is 0.873. The summed E-state index contributed by atoms with van der Waals surface area (Å²) in [5.41, 5.74) is 2.26. The molecular formula is C63H110N2O7. The minimum atomic E-state index is -0.259. The van der Waals surface area contributed by atoms with Crippen molar-refractivity contribution in [2.75, 3.05) is 65.9 Å². The van der Waals surface area contributed by atoms with Gasteiger partial charge in [-0.3, -0.25) is 14.5 Å². The van der Waals surface area contributed by atoms with Crippen molar-refractivity contribution in [2.24, 2.45) is 46.3 Å². The van der Waals surface area contributed by atoms with E-state index in [1.54, 1.807) is 0 Å². The number of nitrogens with one attached hydrogen (secondary N) is 1. The van der Waals surface area contributed by atoms with Crippen LogP contribution in [0, 0.1) is 46.3 Å². The maximum atomic E-state index is 13.0. The van der Waals surface area contributed by atoms with Crippen molar-refractivity contribution in [1.29, 1.82) is 0 Å². The maximum Gasteiger partial charge on any atom is 0.306 e. The average Bonchev–Trinajstić information content (AvgIpc) is 3.94. The smallest absolute Gasteiger partial charge is 0.306 e. The predicted octanol–water partition coefficient (Wildman–Crippen LogP) is 14.6. The van der Waals surface area contributed by atoms with Crippen LogP contribution in [0.3, 0.4) is 0 Å². The maximum absolute atomic E-state index is 13.0. The SMILES string of the molecule is CCCCC/C=C\C/C=C\CCCCCCCCOCC(CN1CCCC1C)OCCOCCOCCNC(=O)CCC(=O)O[C@H]1CC[C@@]2(C)C(=CC[C@H]3[C@@H]4CC[C@H]([C@H](C)CCCC(C)C)[C@@]4(C)CC[C@@H]32)C1. The second-order valence-electron chi connectivity index (χ2n) is 24.4. The normalized spacial score (nSPS) is 28.3. The van der Waals surface area contributed by atoms with Gasteiger partial charge in [-0.05, 0) is 156 Å². The third kappa shape index (κ3) is 20.5. The van der Waals surface area contributed by atoms with Crippen LogP contribution < -0.4 is 5.32 Å². The summed E-state index contributed by atoms with van der Waals surface area (Å²) in [6.45, 7) is 23.3. The Balaban J connectivity index is 0.851. The average molecular weight is 1010 g/mol. The third-order valence-electron chi connectivity index (χ3n) is 18.6. The molecule has 72 heavy (non-hydrogen) atoms. The van der Waals surface area contributed by atoms with Crippen LogP contribution >= 0.6 is 0 Å². The second kappa shape index (κ2) is 33.9. The third-order valence-corrected chi connectivity index (χ3v) is 18.6. The molecule has 9 nitrogen and oxygen atoms in total. The van der Waals surface area contributed by atoms with Gasteiger partial charge in [0.1, 0.15) is 6.10 Å². The molecule has 0 radical (unpaired) electrons. The van der Waals surface area contributed by atoms with Crippen LogP contribution in [0.15, 0.2) is 36.0 Å². The van der Waals surface area contributed by atoms with E-state index < -0.39 is 0 Å². The molecule has 5 rings (SSSR count). The number of fused-ring (bicyclic) bond motifs is 5. The molecule has 2 unspecified atom stereocenters. The number of hydrogen-bond donors (Lipinski definition) is 1. The summed E-state index contributed by atoms with van der Waals surface area (Å²) in [5.74, 6) is 4.51. The van der Waals surface area contributed by atoms with E-state index in [2.05, 4.69) is 89.1 Å². The zero-order valence-corrected chi connectivity index (χ0v) is 47.6. The minimum absolute atomic E-state index is 0.0404. The number of esters is 1. The number of ether oxygens (including phenoxy) is 5. The van der Waals surface area contributed by atoms with E-state index in [9.17, 15) is 9.59 Å². The van der Waals surface area contributed by atoms with Gasteiger partial charge in [-0.2, -0.15) is 0 Å². The van der Waals surface area contributed by atoms with Crippen molar-refractivity contribution in [3.05, 3.63) is 36.0 Å². The fourth-order valence-corrected chi connectivity index (χ4v) is 14.2. The number of hydrogen-bond acceptors (Lipinski definition) is 8. The van der Waals surface area contributed by atoms with Gasteiger partial charge >= 0.3 is 5.97 Å². The van der Waals surface area contributed by atoms with Crippen LogP contribution in [0.4, 0.5) is 0 Å². The highest BCUT2D eigenvalue weighted by molar-refractivity contribution is 5.81. The van der Waals surface area contributed by atoms with Gasteiger partial charge in [0.05, 0.1) is 52.2 Å². The molecule has 0 spiro atoms. The van der Waals surface area contributed by atoms with Crippen molar-refractivity contribution in [3.8, 4) is 0 Å². The molecule has 4 fully saturated rings. The Morgan fingerprint density at radius 3 is 2.25 bits per heavy atom. The van der Waals surface area contributed by atoms with Gasteiger partial charge in [-0.25, -0.2) is 0 Å².